The van der Waals surface area contributed by atoms with E-state index < -0.39 is 0 Å². The SMILES string of the molecule is CC1CCC2(CCC(CCCCCCI)O2)O1. The standard InChI is InChI=1S/C14H25IO2/c1-12-7-9-14(16-12)10-8-13(17-14)6-4-2-3-5-11-15/h12-13H,2-11H2,1H3. The molecule has 0 amide bonds. The number of alkyl halides is 1. The van der Waals surface area contributed by atoms with Gasteiger partial charge in [-0.3, -0.25) is 0 Å². The second-order valence-corrected chi connectivity index (χ2v) is 6.63. The highest BCUT2D eigenvalue weighted by Gasteiger charge is 2.45. The maximum Gasteiger partial charge on any atom is 0.169 e. The van der Waals surface area contributed by atoms with E-state index >= 15 is 0 Å². The van der Waals surface area contributed by atoms with Gasteiger partial charge in [0.15, 0.2) is 5.79 Å². The summed E-state index contributed by atoms with van der Waals surface area (Å²) < 4.78 is 13.4. The van der Waals surface area contributed by atoms with Gasteiger partial charge in [0.2, 0.25) is 0 Å². The fraction of sp³-hybridized carbons (Fsp3) is 1.00. The summed E-state index contributed by atoms with van der Waals surface area (Å²) in [6.45, 7) is 2.16. The molecule has 1 spiro atoms. The van der Waals surface area contributed by atoms with Crippen LogP contribution in [-0.4, -0.2) is 22.4 Å². The van der Waals surface area contributed by atoms with Gasteiger partial charge in [-0.2, -0.15) is 0 Å². The highest BCUT2D eigenvalue weighted by molar-refractivity contribution is 14.1. The molecule has 2 rings (SSSR count). The van der Waals surface area contributed by atoms with Crippen LogP contribution in [0, 0.1) is 0 Å². The Hall–Kier alpha value is 0.650. The topological polar surface area (TPSA) is 18.5 Å². The van der Waals surface area contributed by atoms with Crippen LogP contribution >= 0.6 is 22.6 Å². The summed E-state index contributed by atoms with van der Waals surface area (Å²) in [6.07, 6.45) is 12.2. The van der Waals surface area contributed by atoms with Crippen molar-refractivity contribution in [1.29, 1.82) is 0 Å². The van der Waals surface area contributed by atoms with Gasteiger partial charge in [0.25, 0.3) is 0 Å². The first kappa shape index (κ1) is 14.1. The van der Waals surface area contributed by atoms with Crippen LogP contribution in [-0.2, 0) is 9.47 Å². The third-order valence-electron chi connectivity index (χ3n) is 3.99. The summed E-state index contributed by atoms with van der Waals surface area (Å²) in [5.74, 6) is -0.174. The van der Waals surface area contributed by atoms with Crippen LogP contribution in [0.4, 0.5) is 0 Å². The lowest BCUT2D eigenvalue weighted by molar-refractivity contribution is -0.214. The van der Waals surface area contributed by atoms with Crippen LogP contribution in [0.15, 0.2) is 0 Å². The molecule has 0 aromatic heterocycles. The molecule has 0 aromatic rings. The molecule has 3 unspecified atom stereocenters. The molecule has 17 heavy (non-hydrogen) atoms. The maximum atomic E-state index is 6.16. The fourth-order valence-electron chi connectivity index (χ4n) is 3.00. The van der Waals surface area contributed by atoms with Crippen molar-refractivity contribution < 1.29 is 9.47 Å². The lowest BCUT2D eigenvalue weighted by atomic mass is 10.0. The van der Waals surface area contributed by atoms with E-state index in [9.17, 15) is 0 Å². The molecule has 2 aliphatic heterocycles. The molecular weight excluding hydrogens is 327 g/mol. The Morgan fingerprint density at radius 2 is 1.82 bits per heavy atom. The molecule has 0 radical (unpaired) electrons. The van der Waals surface area contributed by atoms with Gasteiger partial charge < -0.3 is 9.47 Å². The summed E-state index contributed by atoms with van der Waals surface area (Å²) in [5.41, 5.74) is 0. The van der Waals surface area contributed by atoms with Gasteiger partial charge in [0.1, 0.15) is 0 Å². The maximum absolute atomic E-state index is 6.16. The third kappa shape index (κ3) is 4.06. The number of hydrogen-bond donors (Lipinski definition) is 0. The van der Waals surface area contributed by atoms with Crippen molar-refractivity contribution in [2.24, 2.45) is 0 Å². The van der Waals surface area contributed by atoms with Gasteiger partial charge in [0, 0.05) is 12.8 Å². The average Bonchev–Trinajstić information content (AvgIpc) is 2.87. The summed E-state index contributed by atoms with van der Waals surface area (Å²) in [4.78, 5) is 0. The minimum Gasteiger partial charge on any atom is -0.347 e. The molecule has 2 saturated heterocycles. The zero-order valence-corrected chi connectivity index (χ0v) is 13.1. The van der Waals surface area contributed by atoms with Crippen LogP contribution in [0.1, 0.15) is 64.7 Å². The van der Waals surface area contributed by atoms with E-state index in [1.807, 2.05) is 0 Å². The summed E-state index contributed by atoms with van der Waals surface area (Å²) >= 11 is 2.46. The quantitative estimate of drug-likeness (QED) is 0.400. The van der Waals surface area contributed by atoms with Crippen molar-refractivity contribution in [1.82, 2.24) is 0 Å². The number of unbranched alkanes of at least 4 members (excludes halogenated alkanes) is 3. The smallest absolute Gasteiger partial charge is 0.169 e. The molecule has 2 aliphatic rings. The Labute approximate surface area is 119 Å². The average molecular weight is 352 g/mol. The van der Waals surface area contributed by atoms with Gasteiger partial charge in [-0.25, -0.2) is 0 Å². The van der Waals surface area contributed by atoms with E-state index in [1.165, 1.54) is 49.4 Å². The predicted octanol–water partition coefficient (Wildman–Crippen LogP) is 4.45. The monoisotopic (exact) mass is 352 g/mol. The largest absolute Gasteiger partial charge is 0.347 e. The molecule has 3 atom stereocenters. The molecule has 0 aromatic carbocycles. The van der Waals surface area contributed by atoms with Gasteiger partial charge in [0.05, 0.1) is 12.2 Å². The van der Waals surface area contributed by atoms with Crippen molar-refractivity contribution >= 4 is 22.6 Å². The molecule has 2 heterocycles. The van der Waals surface area contributed by atoms with E-state index in [2.05, 4.69) is 29.5 Å². The number of halogens is 1. The van der Waals surface area contributed by atoms with Gasteiger partial charge in [-0.15, -0.1) is 0 Å². The number of rotatable bonds is 6. The van der Waals surface area contributed by atoms with Gasteiger partial charge >= 0.3 is 0 Å². The summed E-state index contributed by atoms with van der Waals surface area (Å²) in [7, 11) is 0. The van der Waals surface area contributed by atoms with E-state index in [4.69, 9.17) is 9.47 Å². The summed E-state index contributed by atoms with van der Waals surface area (Å²) in [5, 5.41) is 0. The third-order valence-corrected chi connectivity index (χ3v) is 4.75. The van der Waals surface area contributed by atoms with Crippen LogP contribution in [0.25, 0.3) is 0 Å². The minimum absolute atomic E-state index is 0.174. The van der Waals surface area contributed by atoms with Gasteiger partial charge in [-0.05, 0) is 37.0 Å². The van der Waals surface area contributed by atoms with E-state index in [-0.39, 0.29) is 5.79 Å². The zero-order chi connectivity index (χ0) is 12.1. The molecule has 0 aliphatic carbocycles. The predicted molar refractivity (Wildman–Crippen MR) is 78.6 cm³/mol. The van der Waals surface area contributed by atoms with Crippen LogP contribution in [0.2, 0.25) is 0 Å². The van der Waals surface area contributed by atoms with Crippen LogP contribution in [0.5, 0.6) is 0 Å². The minimum atomic E-state index is -0.174. The molecule has 2 fully saturated rings. The molecule has 2 nitrogen and oxygen atoms in total. The molecule has 0 bridgehead atoms. The van der Waals surface area contributed by atoms with Crippen molar-refractivity contribution in [2.75, 3.05) is 4.43 Å². The van der Waals surface area contributed by atoms with E-state index in [0.717, 1.165) is 12.8 Å². The molecule has 3 heteroatoms. The lowest BCUT2D eigenvalue weighted by Gasteiger charge is -2.24. The first-order valence-corrected chi connectivity index (χ1v) is 8.68. The second kappa shape index (κ2) is 6.71. The highest BCUT2D eigenvalue weighted by atomic mass is 127. The zero-order valence-electron chi connectivity index (χ0n) is 10.9. The Morgan fingerprint density at radius 1 is 1.06 bits per heavy atom. The fourth-order valence-corrected chi connectivity index (χ4v) is 3.54. The first-order chi connectivity index (χ1) is 8.24. The van der Waals surface area contributed by atoms with Crippen molar-refractivity contribution in [3.8, 4) is 0 Å². The Morgan fingerprint density at radius 3 is 2.53 bits per heavy atom. The van der Waals surface area contributed by atoms with Crippen LogP contribution in [0.3, 0.4) is 0 Å². The summed E-state index contributed by atoms with van der Waals surface area (Å²) in [6, 6.07) is 0. The Balaban J connectivity index is 1.61. The molecule has 0 N–H and O–H groups in total. The number of hydrogen-bond acceptors (Lipinski definition) is 2. The second-order valence-electron chi connectivity index (χ2n) is 5.55. The number of ether oxygens (including phenoxy) is 2. The first-order valence-electron chi connectivity index (χ1n) is 7.16. The van der Waals surface area contributed by atoms with Crippen molar-refractivity contribution in [2.45, 2.75) is 82.7 Å². The molecular formula is C14H25IO2. The van der Waals surface area contributed by atoms with E-state index in [0.29, 0.717) is 12.2 Å². The highest BCUT2D eigenvalue weighted by Crippen LogP contribution is 2.42. The van der Waals surface area contributed by atoms with E-state index in [1.54, 1.807) is 0 Å². The molecule has 100 valence electrons. The van der Waals surface area contributed by atoms with Gasteiger partial charge in [-0.1, -0.05) is 41.9 Å². The van der Waals surface area contributed by atoms with Crippen molar-refractivity contribution in [3.63, 3.8) is 0 Å². The Bertz CT molecular complexity index is 234. The van der Waals surface area contributed by atoms with Crippen LogP contribution < -0.4 is 0 Å². The Kier molecular flexibility index (Phi) is 5.55. The molecule has 0 saturated carbocycles. The normalized spacial score (nSPS) is 37.1. The lowest BCUT2D eigenvalue weighted by Crippen LogP contribution is -2.28. The van der Waals surface area contributed by atoms with Crippen molar-refractivity contribution in [3.05, 3.63) is 0 Å².